The van der Waals surface area contributed by atoms with E-state index in [2.05, 4.69) is 121 Å². The molecule has 62 heavy (non-hydrogen) atoms. The molecule has 6 heteroatoms. The molecule has 0 aliphatic heterocycles. The highest BCUT2D eigenvalue weighted by Crippen LogP contribution is 2.56. The minimum Gasteiger partial charge on any atom is -0.497 e. The maximum absolute atomic E-state index is 9.78. The number of hydrogen-bond donors (Lipinski definition) is 0. The highest BCUT2D eigenvalue weighted by atomic mass is 16.5. The molecule has 0 atom stereocenters. The van der Waals surface area contributed by atoms with Gasteiger partial charge in [-0.1, -0.05) is 24.3 Å². The molecule has 0 heterocycles. The maximum atomic E-state index is 9.78. The molecule has 0 amide bonds. The zero-order valence-electron chi connectivity index (χ0n) is 34.2. The van der Waals surface area contributed by atoms with E-state index in [-0.39, 0.29) is 0 Å². The van der Waals surface area contributed by atoms with Crippen molar-refractivity contribution in [1.82, 2.24) is 0 Å². The van der Waals surface area contributed by atoms with E-state index in [1.807, 2.05) is 24.3 Å². The molecule has 0 saturated heterocycles. The summed E-state index contributed by atoms with van der Waals surface area (Å²) in [7, 11) is 6.83. The third kappa shape index (κ3) is 4.95. The standard InChI is InChI=1S/C56H34N2O4/c1-59-35-13-33-15-37(61-3)19-53-49-25-45-41(23-47(49)51(17-35)55(33)53)39(31-9-5-29(27-57)6-10-31)21-44-43(45)22-40(32-11-7-30(28-58)8-12-32)42-24-48-50(26-46(42)44)54-20-38(62-4)16-34-14-36(60-2)18-52(48)56(34)54/h5-26H,1-4H3. The molecule has 0 spiro atoms. The number of hydrogen-bond acceptors (Lipinski definition) is 6. The highest BCUT2D eigenvalue weighted by molar-refractivity contribution is 6.29. The van der Waals surface area contributed by atoms with Crippen LogP contribution in [0, 0.1) is 22.7 Å². The van der Waals surface area contributed by atoms with Crippen LogP contribution in [0.15, 0.2) is 133 Å². The molecule has 0 unspecified atom stereocenters. The molecular weight excluding hydrogens is 765 g/mol. The Morgan fingerprint density at radius 3 is 0.871 bits per heavy atom. The van der Waals surface area contributed by atoms with E-state index in [0.717, 1.165) is 133 Å². The van der Waals surface area contributed by atoms with Crippen molar-refractivity contribution < 1.29 is 18.9 Å². The molecule has 0 radical (unpaired) electrons. The van der Waals surface area contributed by atoms with Crippen molar-refractivity contribution in [1.29, 1.82) is 10.5 Å². The van der Waals surface area contributed by atoms with Crippen LogP contribution in [0.2, 0.25) is 0 Å². The van der Waals surface area contributed by atoms with Crippen LogP contribution in [0.5, 0.6) is 23.0 Å². The van der Waals surface area contributed by atoms with Crippen molar-refractivity contribution in [3.63, 3.8) is 0 Å². The Labute approximate surface area is 356 Å². The summed E-state index contributed by atoms with van der Waals surface area (Å²) in [5, 5.41) is 30.6. The predicted molar refractivity (Wildman–Crippen MR) is 249 cm³/mol. The minimum absolute atomic E-state index is 0.608. The largest absolute Gasteiger partial charge is 0.497 e. The Bertz CT molecular complexity index is 3480. The molecule has 2 aliphatic carbocycles. The average molecular weight is 799 g/mol. The van der Waals surface area contributed by atoms with Gasteiger partial charge in [0.05, 0.1) is 51.7 Å². The van der Waals surface area contributed by atoms with E-state index < -0.39 is 0 Å². The van der Waals surface area contributed by atoms with Crippen molar-refractivity contribution in [3.8, 4) is 102 Å². The lowest BCUT2D eigenvalue weighted by molar-refractivity contribution is 0.414. The van der Waals surface area contributed by atoms with Gasteiger partial charge >= 0.3 is 0 Å². The topological polar surface area (TPSA) is 84.5 Å². The van der Waals surface area contributed by atoms with Gasteiger partial charge in [-0.3, -0.25) is 0 Å². The SMILES string of the molecule is COc1cc2c3c(cc(OC)cc3c1)-c1cc3c(cc1-2)c(-c1ccc(C#N)cc1)cc1c2cc4c(cc2c(-c2ccc(C#N)cc2)cc31)-c1cc(OC)cc2cc(OC)cc-4c12. The summed E-state index contributed by atoms with van der Waals surface area (Å²) in [5.41, 5.74) is 14.4. The van der Waals surface area contributed by atoms with Crippen LogP contribution in [0.1, 0.15) is 11.1 Å². The maximum Gasteiger partial charge on any atom is 0.120 e. The first-order valence-electron chi connectivity index (χ1n) is 20.4. The Morgan fingerprint density at radius 2 is 0.581 bits per heavy atom. The zero-order valence-corrected chi connectivity index (χ0v) is 34.2. The van der Waals surface area contributed by atoms with Crippen molar-refractivity contribution in [2.45, 2.75) is 0 Å². The second kappa shape index (κ2) is 13.1. The normalized spacial score (nSPS) is 11.8. The lowest BCUT2D eigenvalue weighted by Crippen LogP contribution is -1.92. The van der Waals surface area contributed by atoms with Gasteiger partial charge in [0.1, 0.15) is 23.0 Å². The summed E-state index contributed by atoms with van der Waals surface area (Å²) >= 11 is 0. The van der Waals surface area contributed by atoms with Crippen molar-refractivity contribution >= 4 is 53.9 Å². The number of benzene rings is 10. The summed E-state index contributed by atoms with van der Waals surface area (Å²) in [6, 6.07) is 51.3. The van der Waals surface area contributed by atoms with Gasteiger partial charge in [0.25, 0.3) is 0 Å². The van der Waals surface area contributed by atoms with Crippen LogP contribution in [-0.2, 0) is 0 Å². The molecule has 0 aromatic heterocycles. The molecule has 10 aromatic carbocycles. The number of methoxy groups -OCH3 is 4. The molecule has 10 aromatic rings. The van der Waals surface area contributed by atoms with Crippen LogP contribution in [0.3, 0.4) is 0 Å². The lowest BCUT2D eigenvalue weighted by Gasteiger charge is -2.19. The van der Waals surface area contributed by atoms with E-state index in [0.29, 0.717) is 11.1 Å². The monoisotopic (exact) mass is 798 g/mol. The first-order valence-corrected chi connectivity index (χ1v) is 20.4. The number of fused-ring (bicyclic) bond motifs is 11. The molecule has 0 saturated carbocycles. The number of rotatable bonds is 6. The van der Waals surface area contributed by atoms with Gasteiger partial charge in [-0.25, -0.2) is 0 Å². The van der Waals surface area contributed by atoms with Crippen LogP contribution in [0.25, 0.3) is 121 Å². The summed E-state index contributed by atoms with van der Waals surface area (Å²) in [4.78, 5) is 0. The second-order valence-electron chi connectivity index (χ2n) is 16.1. The van der Waals surface area contributed by atoms with Gasteiger partial charge < -0.3 is 18.9 Å². The first-order chi connectivity index (χ1) is 30.4. The zero-order chi connectivity index (χ0) is 42.0. The van der Waals surface area contributed by atoms with Crippen LogP contribution in [-0.4, -0.2) is 28.4 Å². The fourth-order valence-corrected chi connectivity index (χ4v) is 10.2. The number of ether oxygens (including phenoxy) is 4. The van der Waals surface area contributed by atoms with Crippen LogP contribution in [0.4, 0.5) is 0 Å². The molecule has 0 bridgehead atoms. The van der Waals surface area contributed by atoms with E-state index in [4.69, 9.17) is 18.9 Å². The Morgan fingerprint density at radius 1 is 0.306 bits per heavy atom. The minimum atomic E-state index is 0.608. The molecular formula is C56H34N2O4. The lowest BCUT2D eigenvalue weighted by atomic mass is 9.84. The molecule has 12 rings (SSSR count). The molecule has 2 aliphatic rings. The molecule has 292 valence electrons. The fourth-order valence-electron chi connectivity index (χ4n) is 10.2. The summed E-state index contributed by atoms with van der Waals surface area (Å²) in [6.45, 7) is 0. The quantitative estimate of drug-likeness (QED) is 0.156. The second-order valence-corrected chi connectivity index (χ2v) is 16.1. The summed E-state index contributed by atoms with van der Waals surface area (Å²) < 4.78 is 23.4. The van der Waals surface area contributed by atoms with Gasteiger partial charge in [-0.05, 0) is 230 Å². The van der Waals surface area contributed by atoms with Crippen molar-refractivity contribution in [2.75, 3.05) is 28.4 Å². The van der Waals surface area contributed by atoms with Gasteiger partial charge in [-0.15, -0.1) is 0 Å². The van der Waals surface area contributed by atoms with Crippen LogP contribution < -0.4 is 18.9 Å². The van der Waals surface area contributed by atoms with Crippen molar-refractivity contribution in [2.24, 2.45) is 0 Å². The van der Waals surface area contributed by atoms with Gasteiger partial charge in [0.2, 0.25) is 0 Å². The third-order valence-electron chi connectivity index (χ3n) is 13.1. The molecule has 0 fully saturated rings. The van der Waals surface area contributed by atoms with E-state index in [9.17, 15) is 10.5 Å². The molecule has 0 N–H and O–H groups in total. The Hall–Kier alpha value is -8.32. The smallest absolute Gasteiger partial charge is 0.120 e. The third-order valence-corrected chi connectivity index (χ3v) is 13.1. The predicted octanol–water partition coefficient (Wildman–Crippen LogP) is 13.9. The van der Waals surface area contributed by atoms with E-state index in [1.54, 1.807) is 28.4 Å². The number of nitrogens with zero attached hydrogens (tertiary/aromatic N) is 2. The van der Waals surface area contributed by atoms with Crippen molar-refractivity contribution in [3.05, 3.63) is 145 Å². The Kier molecular flexibility index (Phi) is 7.52. The average Bonchev–Trinajstić information content (AvgIpc) is 3.80. The Balaban J connectivity index is 1.25. The summed E-state index contributed by atoms with van der Waals surface area (Å²) in [6.07, 6.45) is 0. The number of nitriles is 2. The van der Waals surface area contributed by atoms with Crippen LogP contribution >= 0.6 is 0 Å². The van der Waals surface area contributed by atoms with E-state index in [1.165, 1.54) is 10.8 Å². The molecule has 6 nitrogen and oxygen atoms in total. The first kappa shape index (κ1) is 35.6. The summed E-state index contributed by atoms with van der Waals surface area (Å²) in [5.74, 6) is 3.13. The highest BCUT2D eigenvalue weighted by Gasteiger charge is 2.29. The van der Waals surface area contributed by atoms with Gasteiger partial charge in [0, 0.05) is 0 Å². The van der Waals surface area contributed by atoms with Gasteiger partial charge in [0.15, 0.2) is 0 Å². The van der Waals surface area contributed by atoms with E-state index >= 15 is 0 Å². The van der Waals surface area contributed by atoms with Gasteiger partial charge in [-0.2, -0.15) is 10.5 Å². The fraction of sp³-hybridized carbons (Fsp3) is 0.0714.